The standard InChI is InChI=1S/C15H15BrFNO/c16-14-3-1-2-11(6-14)9-19-10-13-7-15(17)5-4-12(13)8-18/h1-7H,8-10,18H2. The van der Waals surface area contributed by atoms with Crippen LogP contribution >= 0.6 is 15.9 Å². The van der Waals surface area contributed by atoms with Gasteiger partial charge in [-0.25, -0.2) is 4.39 Å². The van der Waals surface area contributed by atoms with Gasteiger partial charge in [-0.1, -0.05) is 34.1 Å². The molecule has 2 aromatic rings. The smallest absolute Gasteiger partial charge is 0.123 e. The van der Waals surface area contributed by atoms with Crippen molar-refractivity contribution in [2.75, 3.05) is 0 Å². The number of nitrogens with two attached hydrogens (primary N) is 1. The Morgan fingerprint density at radius 1 is 1.05 bits per heavy atom. The molecule has 0 radical (unpaired) electrons. The van der Waals surface area contributed by atoms with Crippen LogP contribution in [0.2, 0.25) is 0 Å². The first-order chi connectivity index (χ1) is 9.19. The molecule has 0 spiro atoms. The number of rotatable bonds is 5. The van der Waals surface area contributed by atoms with Crippen LogP contribution in [0.25, 0.3) is 0 Å². The van der Waals surface area contributed by atoms with Gasteiger partial charge in [0.2, 0.25) is 0 Å². The molecule has 2 aromatic carbocycles. The summed E-state index contributed by atoms with van der Waals surface area (Å²) in [4.78, 5) is 0. The minimum absolute atomic E-state index is 0.266. The Balaban J connectivity index is 1.97. The molecule has 19 heavy (non-hydrogen) atoms. The van der Waals surface area contributed by atoms with E-state index in [0.29, 0.717) is 19.8 Å². The number of benzene rings is 2. The lowest BCUT2D eigenvalue weighted by atomic mass is 10.1. The summed E-state index contributed by atoms with van der Waals surface area (Å²) < 4.78 is 19.8. The predicted octanol–water partition coefficient (Wildman–Crippen LogP) is 3.76. The van der Waals surface area contributed by atoms with Gasteiger partial charge in [0.25, 0.3) is 0 Å². The number of hydrogen-bond acceptors (Lipinski definition) is 2. The van der Waals surface area contributed by atoms with E-state index in [2.05, 4.69) is 15.9 Å². The highest BCUT2D eigenvalue weighted by molar-refractivity contribution is 9.10. The summed E-state index contributed by atoms with van der Waals surface area (Å²) in [5.74, 6) is -0.266. The fraction of sp³-hybridized carbons (Fsp3) is 0.200. The van der Waals surface area contributed by atoms with Crippen LogP contribution in [0.4, 0.5) is 4.39 Å². The summed E-state index contributed by atoms with van der Waals surface area (Å²) in [5.41, 5.74) is 8.40. The molecule has 0 saturated heterocycles. The minimum Gasteiger partial charge on any atom is -0.372 e. The molecule has 0 fully saturated rings. The molecule has 0 atom stereocenters. The molecule has 0 unspecified atom stereocenters. The molecule has 2 nitrogen and oxygen atoms in total. The van der Waals surface area contributed by atoms with E-state index in [1.165, 1.54) is 12.1 Å². The number of hydrogen-bond donors (Lipinski definition) is 1. The van der Waals surface area contributed by atoms with Gasteiger partial charge in [0.1, 0.15) is 5.82 Å². The van der Waals surface area contributed by atoms with Crippen LogP contribution in [-0.2, 0) is 24.5 Å². The topological polar surface area (TPSA) is 35.2 Å². The highest BCUT2D eigenvalue weighted by Gasteiger charge is 2.03. The van der Waals surface area contributed by atoms with Gasteiger partial charge < -0.3 is 10.5 Å². The first-order valence-corrected chi connectivity index (χ1v) is 6.78. The lowest BCUT2D eigenvalue weighted by Crippen LogP contribution is -2.04. The third-order valence-corrected chi connectivity index (χ3v) is 3.30. The van der Waals surface area contributed by atoms with Gasteiger partial charge in [-0.05, 0) is 41.0 Å². The van der Waals surface area contributed by atoms with E-state index >= 15 is 0 Å². The summed E-state index contributed by atoms with van der Waals surface area (Å²) in [6.45, 7) is 1.23. The van der Waals surface area contributed by atoms with Gasteiger partial charge in [0.15, 0.2) is 0 Å². The third kappa shape index (κ3) is 4.13. The molecule has 0 heterocycles. The molecule has 0 aliphatic rings. The largest absolute Gasteiger partial charge is 0.372 e. The highest BCUT2D eigenvalue weighted by atomic mass is 79.9. The second kappa shape index (κ2) is 6.80. The number of ether oxygens (including phenoxy) is 1. The zero-order chi connectivity index (χ0) is 13.7. The van der Waals surface area contributed by atoms with E-state index in [9.17, 15) is 4.39 Å². The Morgan fingerprint density at radius 3 is 2.63 bits per heavy atom. The van der Waals surface area contributed by atoms with Gasteiger partial charge in [-0.3, -0.25) is 0 Å². The number of halogens is 2. The van der Waals surface area contributed by atoms with Gasteiger partial charge >= 0.3 is 0 Å². The average molecular weight is 324 g/mol. The lowest BCUT2D eigenvalue weighted by Gasteiger charge is -2.09. The van der Waals surface area contributed by atoms with Gasteiger partial charge in [-0.15, -0.1) is 0 Å². The van der Waals surface area contributed by atoms with Gasteiger partial charge in [-0.2, -0.15) is 0 Å². The van der Waals surface area contributed by atoms with E-state index in [0.717, 1.165) is 21.2 Å². The third-order valence-electron chi connectivity index (χ3n) is 2.80. The molecule has 2 rings (SSSR count). The van der Waals surface area contributed by atoms with Crippen molar-refractivity contribution in [3.63, 3.8) is 0 Å². The van der Waals surface area contributed by atoms with Crippen molar-refractivity contribution in [3.05, 3.63) is 69.4 Å². The van der Waals surface area contributed by atoms with Crippen molar-refractivity contribution in [2.24, 2.45) is 5.73 Å². The van der Waals surface area contributed by atoms with Crippen molar-refractivity contribution in [3.8, 4) is 0 Å². The van der Waals surface area contributed by atoms with Crippen LogP contribution in [0.5, 0.6) is 0 Å². The molecule has 0 aliphatic carbocycles. The Morgan fingerprint density at radius 2 is 1.89 bits per heavy atom. The van der Waals surface area contributed by atoms with E-state index in [4.69, 9.17) is 10.5 Å². The van der Waals surface area contributed by atoms with Crippen molar-refractivity contribution < 1.29 is 9.13 Å². The maximum Gasteiger partial charge on any atom is 0.123 e. The first kappa shape index (κ1) is 14.2. The molecule has 4 heteroatoms. The summed E-state index contributed by atoms with van der Waals surface area (Å²) in [5, 5.41) is 0. The second-order valence-corrected chi connectivity index (χ2v) is 5.16. The van der Waals surface area contributed by atoms with Crippen LogP contribution < -0.4 is 5.73 Å². The van der Waals surface area contributed by atoms with Crippen LogP contribution in [0.1, 0.15) is 16.7 Å². The van der Waals surface area contributed by atoms with E-state index in [-0.39, 0.29) is 5.82 Å². The molecule has 0 aromatic heterocycles. The Bertz CT molecular complexity index is 560. The summed E-state index contributed by atoms with van der Waals surface area (Å²) in [7, 11) is 0. The minimum atomic E-state index is -0.266. The zero-order valence-electron chi connectivity index (χ0n) is 10.4. The van der Waals surface area contributed by atoms with Crippen LogP contribution in [0, 0.1) is 5.82 Å². The van der Waals surface area contributed by atoms with Crippen molar-refractivity contribution in [1.29, 1.82) is 0 Å². The normalized spacial score (nSPS) is 10.7. The fourth-order valence-electron chi connectivity index (χ4n) is 1.83. The molecule has 0 bridgehead atoms. The van der Waals surface area contributed by atoms with E-state index in [1.807, 2.05) is 24.3 Å². The molecular formula is C15H15BrFNO. The summed E-state index contributed by atoms with van der Waals surface area (Å²) >= 11 is 3.41. The monoisotopic (exact) mass is 323 g/mol. The van der Waals surface area contributed by atoms with E-state index in [1.54, 1.807) is 6.07 Å². The average Bonchev–Trinajstić information content (AvgIpc) is 2.39. The van der Waals surface area contributed by atoms with Gasteiger partial charge in [0, 0.05) is 11.0 Å². The lowest BCUT2D eigenvalue weighted by molar-refractivity contribution is 0.106. The predicted molar refractivity (Wildman–Crippen MR) is 76.9 cm³/mol. The summed E-state index contributed by atoms with van der Waals surface area (Å²) in [6, 6.07) is 12.5. The van der Waals surface area contributed by atoms with Crippen LogP contribution in [0.3, 0.4) is 0 Å². The maximum absolute atomic E-state index is 13.2. The first-order valence-electron chi connectivity index (χ1n) is 5.98. The Hall–Kier alpha value is -1.23. The summed E-state index contributed by atoms with van der Waals surface area (Å²) in [6.07, 6.45) is 0. The molecule has 0 amide bonds. The second-order valence-electron chi connectivity index (χ2n) is 4.24. The maximum atomic E-state index is 13.2. The molecule has 100 valence electrons. The molecule has 0 aliphatic heterocycles. The van der Waals surface area contributed by atoms with Crippen LogP contribution in [0.15, 0.2) is 46.9 Å². The molecule has 2 N–H and O–H groups in total. The Kier molecular flexibility index (Phi) is 5.07. The Labute approximate surface area is 120 Å². The van der Waals surface area contributed by atoms with Gasteiger partial charge in [0.05, 0.1) is 13.2 Å². The van der Waals surface area contributed by atoms with Crippen LogP contribution in [-0.4, -0.2) is 0 Å². The molecule has 0 saturated carbocycles. The highest BCUT2D eigenvalue weighted by Crippen LogP contribution is 2.15. The van der Waals surface area contributed by atoms with E-state index < -0.39 is 0 Å². The van der Waals surface area contributed by atoms with Crippen molar-refractivity contribution in [1.82, 2.24) is 0 Å². The zero-order valence-corrected chi connectivity index (χ0v) is 12.0. The SMILES string of the molecule is NCc1ccc(F)cc1COCc1cccc(Br)c1. The fourth-order valence-corrected chi connectivity index (χ4v) is 2.28. The quantitative estimate of drug-likeness (QED) is 0.909. The van der Waals surface area contributed by atoms with Crippen molar-refractivity contribution >= 4 is 15.9 Å². The van der Waals surface area contributed by atoms with Crippen molar-refractivity contribution in [2.45, 2.75) is 19.8 Å². The molecular weight excluding hydrogens is 309 g/mol.